The summed E-state index contributed by atoms with van der Waals surface area (Å²) < 4.78 is 0. The van der Waals surface area contributed by atoms with Gasteiger partial charge < -0.3 is 16.0 Å². The molecule has 3 N–H and O–H groups in total. The first-order valence-electron chi connectivity index (χ1n) is 6.69. The van der Waals surface area contributed by atoms with E-state index in [-0.39, 0.29) is 6.54 Å². The molecule has 0 spiro atoms. The fourth-order valence-electron chi connectivity index (χ4n) is 1.82. The largest absolute Gasteiger partial charge is 0.344 e. The second-order valence-electron chi connectivity index (χ2n) is 4.49. The third kappa shape index (κ3) is 5.24. The van der Waals surface area contributed by atoms with Crippen LogP contribution in [-0.4, -0.2) is 29.8 Å². The topological polar surface area (TPSA) is 75.4 Å². The highest BCUT2D eigenvalue weighted by Crippen LogP contribution is 2.04. The first-order chi connectivity index (χ1) is 10.1. The Morgan fingerprint density at radius 3 is 2.38 bits per heavy atom. The molecule has 0 aromatic heterocycles. The van der Waals surface area contributed by atoms with Crippen LogP contribution in [0.5, 0.6) is 0 Å². The Morgan fingerprint density at radius 2 is 1.81 bits per heavy atom. The molecule has 0 unspecified atom stereocenters. The van der Waals surface area contributed by atoms with Crippen molar-refractivity contribution in [1.29, 1.82) is 0 Å². The summed E-state index contributed by atoms with van der Waals surface area (Å²) in [6, 6.07) is 7.55. The van der Waals surface area contributed by atoms with Crippen molar-refractivity contribution in [2.45, 2.75) is 13.1 Å². The van der Waals surface area contributed by atoms with Gasteiger partial charge >= 0.3 is 11.8 Å². The van der Waals surface area contributed by atoms with Gasteiger partial charge in [0.25, 0.3) is 0 Å². The van der Waals surface area contributed by atoms with Crippen LogP contribution in [0, 0.1) is 0 Å². The van der Waals surface area contributed by atoms with Crippen LogP contribution >= 0.6 is 0 Å². The maximum absolute atomic E-state index is 12.0. The predicted molar refractivity (Wildman–Crippen MR) is 83.2 cm³/mol. The number of nitrogens with zero attached hydrogens (tertiary/aromatic N) is 1. The lowest BCUT2D eigenvalue weighted by atomic mass is 10.1. The number of hydrogen-bond acceptors (Lipinski definition) is 3. The average Bonchev–Trinajstić information content (AvgIpc) is 2.51. The number of amides is 2. The lowest BCUT2D eigenvalue weighted by molar-refractivity contribution is -0.145. The summed E-state index contributed by atoms with van der Waals surface area (Å²) in [5.41, 5.74) is 7.44. The van der Waals surface area contributed by atoms with Crippen molar-refractivity contribution in [3.63, 3.8) is 0 Å². The molecule has 0 radical (unpaired) electrons. The summed E-state index contributed by atoms with van der Waals surface area (Å²) in [5.74, 6) is -1.23. The summed E-state index contributed by atoms with van der Waals surface area (Å²) in [5, 5.41) is 2.61. The minimum Gasteiger partial charge on any atom is -0.344 e. The van der Waals surface area contributed by atoms with Gasteiger partial charge in [-0.3, -0.25) is 9.59 Å². The van der Waals surface area contributed by atoms with Crippen molar-refractivity contribution in [3.05, 3.63) is 60.7 Å². The minimum atomic E-state index is -0.642. The van der Waals surface area contributed by atoms with Crippen molar-refractivity contribution >= 4 is 11.8 Å². The van der Waals surface area contributed by atoms with Gasteiger partial charge in [0.2, 0.25) is 0 Å². The smallest absolute Gasteiger partial charge is 0.312 e. The highest BCUT2D eigenvalue weighted by atomic mass is 16.2. The van der Waals surface area contributed by atoms with Crippen LogP contribution in [0.2, 0.25) is 0 Å². The molecule has 0 atom stereocenters. The van der Waals surface area contributed by atoms with Gasteiger partial charge in [-0.25, -0.2) is 0 Å². The van der Waals surface area contributed by atoms with E-state index >= 15 is 0 Å². The molecule has 0 aliphatic heterocycles. The minimum absolute atomic E-state index is 0.286. The van der Waals surface area contributed by atoms with Crippen molar-refractivity contribution in [2.24, 2.45) is 5.73 Å². The maximum Gasteiger partial charge on any atom is 0.312 e. The molecule has 0 heterocycles. The summed E-state index contributed by atoms with van der Waals surface area (Å²) in [4.78, 5) is 25.2. The van der Waals surface area contributed by atoms with Crippen molar-refractivity contribution in [1.82, 2.24) is 10.2 Å². The lowest BCUT2D eigenvalue weighted by Gasteiger charge is -2.18. The van der Waals surface area contributed by atoms with Crippen LogP contribution < -0.4 is 11.1 Å². The lowest BCUT2D eigenvalue weighted by Crippen LogP contribution is -2.42. The molecular weight excluding hydrogens is 266 g/mol. The monoisotopic (exact) mass is 287 g/mol. The summed E-state index contributed by atoms with van der Waals surface area (Å²) in [6.45, 7) is 8.47. The zero-order valence-corrected chi connectivity index (χ0v) is 12.0. The number of hydrogen-bond donors (Lipinski definition) is 2. The van der Waals surface area contributed by atoms with E-state index in [1.54, 1.807) is 12.2 Å². The van der Waals surface area contributed by atoms with Crippen molar-refractivity contribution in [3.8, 4) is 0 Å². The van der Waals surface area contributed by atoms with Gasteiger partial charge in [-0.15, -0.1) is 13.2 Å². The Balaban J connectivity index is 2.60. The number of benzene rings is 1. The Bertz CT molecular complexity index is 516. The summed E-state index contributed by atoms with van der Waals surface area (Å²) >= 11 is 0. The number of carbonyl (C=O) groups is 2. The highest BCUT2D eigenvalue weighted by Gasteiger charge is 2.19. The Morgan fingerprint density at radius 1 is 1.19 bits per heavy atom. The molecule has 5 nitrogen and oxygen atoms in total. The SMILES string of the molecule is C=CCN(CC=C)C(=O)C(=O)NCc1cccc(CN)c1. The molecule has 0 aliphatic rings. The van der Waals surface area contributed by atoms with Gasteiger partial charge in [0.1, 0.15) is 0 Å². The van der Waals surface area contributed by atoms with E-state index in [9.17, 15) is 9.59 Å². The third-order valence-corrected chi connectivity index (χ3v) is 2.86. The molecule has 0 saturated carbocycles. The van der Waals surface area contributed by atoms with Gasteiger partial charge in [-0.05, 0) is 11.1 Å². The number of nitrogens with two attached hydrogens (primary N) is 1. The molecular formula is C16H21N3O2. The van der Waals surface area contributed by atoms with E-state index in [4.69, 9.17) is 5.73 Å². The standard InChI is InChI=1S/C16H21N3O2/c1-3-8-19(9-4-2)16(21)15(20)18-12-14-7-5-6-13(10-14)11-17/h3-7,10H,1-2,8-9,11-12,17H2,(H,18,20). The van der Waals surface area contributed by atoms with Gasteiger partial charge in [0.15, 0.2) is 0 Å². The normalized spacial score (nSPS) is 9.76. The van der Waals surface area contributed by atoms with E-state index in [1.807, 2.05) is 24.3 Å². The molecule has 0 bridgehead atoms. The maximum atomic E-state index is 12.0. The molecule has 0 saturated heterocycles. The van der Waals surface area contributed by atoms with Crippen LogP contribution in [0.25, 0.3) is 0 Å². The zero-order valence-electron chi connectivity index (χ0n) is 12.0. The quantitative estimate of drug-likeness (QED) is 0.579. The fourth-order valence-corrected chi connectivity index (χ4v) is 1.82. The first-order valence-corrected chi connectivity index (χ1v) is 6.69. The van der Waals surface area contributed by atoms with E-state index < -0.39 is 11.8 Å². The molecule has 0 fully saturated rings. The second-order valence-corrected chi connectivity index (χ2v) is 4.49. The summed E-state index contributed by atoms with van der Waals surface area (Å²) in [7, 11) is 0. The average molecular weight is 287 g/mol. The van der Waals surface area contributed by atoms with E-state index in [1.165, 1.54) is 4.90 Å². The van der Waals surface area contributed by atoms with Gasteiger partial charge in [-0.2, -0.15) is 0 Å². The van der Waals surface area contributed by atoms with Crippen molar-refractivity contribution in [2.75, 3.05) is 13.1 Å². The molecule has 5 heteroatoms. The van der Waals surface area contributed by atoms with Gasteiger partial charge in [0, 0.05) is 26.2 Å². The van der Waals surface area contributed by atoms with Crippen LogP contribution in [0.15, 0.2) is 49.6 Å². The number of nitrogens with one attached hydrogen (secondary N) is 1. The third-order valence-electron chi connectivity index (χ3n) is 2.86. The number of rotatable bonds is 7. The van der Waals surface area contributed by atoms with Crippen LogP contribution in [0.4, 0.5) is 0 Å². The van der Waals surface area contributed by atoms with E-state index in [2.05, 4.69) is 18.5 Å². The van der Waals surface area contributed by atoms with E-state index in [0.29, 0.717) is 19.6 Å². The fraction of sp³-hybridized carbons (Fsp3) is 0.250. The Hall–Kier alpha value is -2.40. The second kappa shape index (κ2) is 8.71. The molecule has 1 rings (SSSR count). The Labute approximate surface area is 125 Å². The number of carbonyl (C=O) groups excluding carboxylic acids is 2. The van der Waals surface area contributed by atoms with Crippen LogP contribution in [-0.2, 0) is 22.7 Å². The van der Waals surface area contributed by atoms with Gasteiger partial charge in [0.05, 0.1) is 0 Å². The molecule has 2 amide bonds. The molecule has 112 valence electrons. The molecule has 1 aromatic carbocycles. The van der Waals surface area contributed by atoms with Crippen LogP contribution in [0.3, 0.4) is 0 Å². The Kier molecular flexibility index (Phi) is 6.91. The zero-order chi connectivity index (χ0) is 15.7. The van der Waals surface area contributed by atoms with Gasteiger partial charge in [-0.1, -0.05) is 36.4 Å². The molecule has 21 heavy (non-hydrogen) atoms. The highest BCUT2D eigenvalue weighted by molar-refractivity contribution is 6.35. The first kappa shape index (κ1) is 16.7. The molecule has 1 aromatic rings. The van der Waals surface area contributed by atoms with Crippen molar-refractivity contribution < 1.29 is 9.59 Å². The summed E-state index contributed by atoms with van der Waals surface area (Å²) in [6.07, 6.45) is 3.14. The van der Waals surface area contributed by atoms with Crippen LogP contribution in [0.1, 0.15) is 11.1 Å². The predicted octanol–water partition coefficient (Wildman–Crippen LogP) is 0.962. The molecule has 0 aliphatic carbocycles. The van der Waals surface area contributed by atoms with E-state index in [0.717, 1.165) is 11.1 Å².